The van der Waals surface area contributed by atoms with E-state index < -0.39 is 0 Å². The quantitative estimate of drug-likeness (QED) is 0.698. The first kappa shape index (κ1) is 15.3. The number of hydrogen-bond acceptors (Lipinski definition) is 2. The number of carbonyl (C=O) groups excluding carboxylic acids is 1. The monoisotopic (exact) mass is 304 g/mol. The molecule has 0 atom stereocenters. The summed E-state index contributed by atoms with van der Waals surface area (Å²) in [7, 11) is 0. The standard InChI is InChI=1S/C20H20N2O/c23-20(19-6-2-1-3-7-19)21-13-12-17-8-10-18(11-9-17)16-22-14-4-5-15-22/h1-3,6-11H,4-5,14-16H2,(H,21,23). The Bertz CT molecular complexity index is 705. The predicted molar refractivity (Wildman–Crippen MR) is 91.7 cm³/mol. The molecule has 23 heavy (non-hydrogen) atoms. The van der Waals surface area contributed by atoms with E-state index in [1.165, 1.54) is 31.5 Å². The second-order valence-corrected chi connectivity index (χ2v) is 5.75. The van der Waals surface area contributed by atoms with Crippen LogP contribution >= 0.6 is 0 Å². The normalized spacial score (nSPS) is 14.1. The molecule has 0 unspecified atom stereocenters. The van der Waals surface area contributed by atoms with Gasteiger partial charge in [0.1, 0.15) is 0 Å². The smallest absolute Gasteiger partial charge is 0.262 e. The molecule has 3 nitrogen and oxygen atoms in total. The highest BCUT2D eigenvalue weighted by Crippen LogP contribution is 2.13. The lowest BCUT2D eigenvalue weighted by Crippen LogP contribution is -2.18. The van der Waals surface area contributed by atoms with Gasteiger partial charge in [0.2, 0.25) is 0 Å². The molecule has 1 N–H and O–H groups in total. The van der Waals surface area contributed by atoms with E-state index in [1.54, 1.807) is 12.1 Å². The summed E-state index contributed by atoms with van der Waals surface area (Å²) in [6.45, 7) is 3.42. The van der Waals surface area contributed by atoms with Crippen molar-refractivity contribution in [1.82, 2.24) is 10.2 Å². The fraction of sp³-hybridized carbons (Fsp3) is 0.250. The minimum atomic E-state index is -0.177. The van der Waals surface area contributed by atoms with Crippen molar-refractivity contribution in [2.75, 3.05) is 13.1 Å². The van der Waals surface area contributed by atoms with Crippen LogP contribution in [0.25, 0.3) is 0 Å². The van der Waals surface area contributed by atoms with E-state index in [0.717, 1.165) is 12.1 Å². The maximum Gasteiger partial charge on any atom is 0.262 e. The summed E-state index contributed by atoms with van der Waals surface area (Å²) < 4.78 is 0. The van der Waals surface area contributed by atoms with Gasteiger partial charge in [0.05, 0.1) is 0 Å². The SMILES string of the molecule is O=C(NC#Cc1ccc(CN2CCCC2)cc1)c1ccccc1. The van der Waals surface area contributed by atoms with E-state index in [9.17, 15) is 4.79 Å². The van der Waals surface area contributed by atoms with Crippen molar-refractivity contribution < 1.29 is 4.79 Å². The lowest BCUT2D eigenvalue weighted by molar-refractivity contribution is 0.0973. The highest BCUT2D eigenvalue weighted by Gasteiger charge is 2.11. The zero-order chi connectivity index (χ0) is 15.9. The van der Waals surface area contributed by atoms with Gasteiger partial charge in [0, 0.05) is 23.7 Å². The molecule has 1 heterocycles. The van der Waals surface area contributed by atoms with Crippen LogP contribution in [-0.4, -0.2) is 23.9 Å². The number of nitrogens with zero attached hydrogens (tertiary/aromatic N) is 1. The lowest BCUT2D eigenvalue weighted by Gasteiger charge is -2.14. The third kappa shape index (κ3) is 4.45. The van der Waals surface area contributed by atoms with Gasteiger partial charge in [-0.3, -0.25) is 15.0 Å². The first-order valence-corrected chi connectivity index (χ1v) is 7.99. The summed E-state index contributed by atoms with van der Waals surface area (Å²) in [5.74, 6) is 2.79. The number of rotatable bonds is 3. The first-order chi connectivity index (χ1) is 11.3. The zero-order valence-corrected chi connectivity index (χ0v) is 13.1. The Labute approximate surface area is 137 Å². The summed E-state index contributed by atoms with van der Waals surface area (Å²) in [5.41, 5.74) is 2.83. The van der Waals surface area contributed by atoms with Crippen LogP contribution in [-0.2, 0) is 6.54 Å². The summed E-state index contributed by atoms with van der Waals surface area (Å²) >= 11 is 0. The summed E-state index contributed by atoms with van der Waals surface area (Å²) in [6, 6.07) is 20.1. The fourth-order valence-corrected chi connectivity index (χ4v) is 2.71. The maximum atomic E-state index is 11.9. The van der Waals surface area contributed by atoms with E-state index in [0.29, 0.717) is 5.56 Å². The third-order valence-corrected chi connectivity index (χ3v) is 3.98. The number of nitrogens with one attached hydrogen (secondary N) is 1. The van der Waals surface area contributed by atoms with E-state index in [1.807, 2.05) is 30.3 Å². The van der Waals surface area contributed by atoms with Crippen LogP contribution < -0.4 is 5.32 Å². The Morgan fingerprint density at radius 3 is 2.39 bits per heavy atom. The highest BCUT2D eigenvalue weighted by atomic mass is 16.1. The van der Waals surface area contributed by atoms with Gasteiger partial charge in [-0.15, -0.1) is 0 Å². The molecule has 1 saturated heterocycles. The zero-order valence-electron chi connectivity index (χ0n) is 13.1. The number of amides is 1. The number of benzene rings is 2. The van der Waals surface area contributed by atoms with Gasteiger partial charge in [-0.1, -0.05) is 30.3 Å². The molecule has 1 amide bonds. The maximum absolute atomic E-state index is 11.9. The molecule has 0 aromatic heterocycles. The summed E-state index contributed by atoms with van der Waals surface area (Å²) in [6.07, 6.45) is 2.62. The predicted octanol–water partition coefficient (Wildman–Crippen LogP) is 3.02. The van der Waals surface area contributed by atoms with Crippen LogP contribution in [0, 0.1) is 12.0 Å². The van der Waals surface area contributed by atoms with Crippen molar-refractivity contribution in [3.63, 3.8) is 0 Å². The molecule has 0 aliphatic carbocycles. The second kappa shape index (κ2) is 7.62. The fourth-order valence-electron chi connectivity index (χ4n) is 2.71. The number of carbonyl (C=O) groups is 1. The summed E-state index contributed by atoms with van der Waals surface area (Å²) in [5, 5.41) is 2.61. The van der Waals surface area contributed by atoms with Crippen molar-refractivity contribution in [3.8, 4) is 12.0 Å². The molecule has 2 aromatic carbocycles. The average Bonchev–Trinajstić information content (AvgIpc) is 3.10. The van der Waals surface area contributed by atoms with E-state index in [4.69, 9.17) is 0 Å². The van der Waals surface area contributed by atoms with E-state index >= 15 is 0 Å². The van der Waals surface area contributed by atoms with Crippen molar-refractivity contribution in [1.29, 1.82) is 0 Å². The van der Waals surface area contributed by atoms with Gasteiger partial charge < -0.3 is 0 Å². The Kier molecular flexibility index (Phi) is 5.08. The number of hydrogen-bond donors (Lipinski definition) is 1. The second-order valence-electron chi connectivity index (χ2n) is 5.75. The molecule has 1 fully saturated rings. The largest absolute Gasteiger partial charge is 0.299 e. The first-order valence-electron chi connectivity index (χ1n) is 7.99. The Morgan fingerprint density at radius 2 is 1.70 bits per heavy atom. The molecular formula is C20H20N2O. The average molecular weight is 304 g/mol. The van der Waals surface area contributed by atoms with Crippen LogP contribution in [0.2, 0.25) is 0 Å². The number of likely N-dealkylation sites (tertiary alicyclic amines) is 1. The molecule has 0 spiro atoms. The highest BCUT2D eigenvalue weighted by molar-refractivity contribution is 5.95. The van der Waals surface area contributed by atoms with Crippen LogP contribution in [0.4, 0.5) is 0 Å². The van der Waals surface area contributed by atoms with Gasteiger partial charge >= 0.3 is 0 Å². The van der Waals surface area contributed by atoms with Crippen molar-refractivity contribution >= 4 is 5.91 Å². The molecule has 1 aliphatic rings. The third-order valence-electron chi connectivity index (χ3n) is 3.98. The molecule has 2 aromatic rings. The minimum Gasteiger partial charge on any atom is -0.299 e. The molecule has 0 radical (unpaired) electrons. The molecule has 3 heteroatoms. The van der Waals surface area contributed by atoms with Gasteiger partial charge in [-0.2, -0.15) is 0 Å². The van der Waals surface area contributed by atoms with Gasteiger partial charge in [-0.25, -0.2) is 0 Å². The molecule has 0 bridgehead atoms. The topological polar surface area (TPSA) is 32.3 Å². The Morgan fingerprint density at radius 1 is 1.00 bits per heavy atom. The van der Waals surface area contributed by atoms with Crippen molar-refractivity contribution in [2.24, 2.45) is 0 Å². The Hall–Kier alpha value is -2.57. The van der Waals surface area contributed by atoms with Crippen molar-refractivity contribution in [3.05, 3.63) is 71.3 Å². The minimum absolute atomic E-state index is 0.177. The van der Waals surface area contributed by atoms with E-state index in [-0.39, 0.29) is 5.91 Å². The van der Waals surface area contributed by atoms with Crippen molar-refractivity contribution in [2.45, 2.75) is 19.4 Å². The van der Waals surface area contributed by atoms with Gasteiger partial charge in [0.25, 0.3) is 5.91 Å². The molecular weight excluding hydrogens is 284 g/mol. The Balaban J connectivity index is 1.55. The van der Waals surface area contributed by atoms with Crippen LogP contribution in [0.3, 0.4) is 0 Å². The van der Waals surface area contributed by atoms with Crippen LogP contribution in [0.1, 0.15) is 34.3 Å². The lowest BCUT2D eigenvalue weighted by atomic mass is 10.1. The van der Waals surface area contributed by atoms with Crippen LogP contribution in [0.5, 0.6) is 0 Å². The van der Waals surface area contributed by atoms with Gasteiger partial charge in [0.15, 0.2) is 0 Å². The van der Waals surface area contributed by atoms with E-state index in [2.05, 4.69) is 34.3 Å². The summed E-state index contributed by atoms with van der Waals surface area (Å²) in [4.78, 5) is 14.3. The molecule has 0 saturated carbocycles. The van der Waals surface area contributed by atoms with Gasteiger partial charge in [-0.05, 0) is 61.7 Å². The molecule has 116 valence electrons. The molecule has 3 rings (SSSR count). The van der Waals surface area contributed by atoms with Crippen LogP contribution in [0.15, 0.2) is 54.6 Å². The molecule has 1 aliphatic heterocycles.